The Morgan fingerprint density at radius 3 is 2.68 bits per heavy atom. The van der Waals surface area contributed by atoms with Crippen LogP contribution in [-0.2, 0) is 6.42 Å². The van der Waals surface area contributed by atoms with E-state index in [-0.39, 0.29) is 17.3 Å². The number of benzene rings is 2. The van der Waals surface area contributed by atoms with Crippen LogP contribution in [0.15, 0.2) is 48.7 Å². The van der Waals surface area contributed by atoms with E-state index in [4.69, 9.17) is 0 Å². The zero-order valence-corrected chi connectivity index (χ0v) is 12.0. The Morgan fingerprint density at radius 2 is 1.91 bits per heavy atom. The van der Waals surface area contributed by atoms with E-state index >= 15 is 0 Å². The highest BCUT2D eigenvalue weighted by molar-refractivity contribution is 5.96. The highest BCUT2D eigenvalue weighted by Gasteiger charge is 2.08. The second kappa shape index (κ2) is 6.02. The number of aromatic nitrogens is 1. The molecule has 0 radical (unpaired) electrons. The fraction of sp³-hybridized carbons (Fsp3) is 0.167. The summed E-state index contributed by atoms with van der Waals surface area (Å²) in [6.07, 6.45) is 3.78. The minimum atomic E-state index is -0.338. The number of aromatic amines is 1. The number of phenols is 1. The van der Waals surface area contributed by atoms with Gasteiger partial charge in [0.1, 0.15) is 11.6 Å². The predicted molar refractivity (Wildman–Crippen MR) is 83.6 cm³/mol. The number of carbonyl (C=O) groups excluding carboxylic acids is 1. The molecule has 2 N–H and O–H groups in total. The van der Waals surface area contributed by atoms with Gasteiger partial charge < -0.3 is 10.1 Å². The number of hydrogen-bond acceptors (Lipinski definition) is 2. The van der Waals surface area contributed by atoms with Crippen LogP contribution >= 0.6 is 0 Å². The lowest BCUT2D eigenvalue weighted by Gasteiger charge is -2.02. The summed E-state index contributed by atoms with van der Waals surface area (Å²) in [5, 5.41) is 10.5. The molecule has 0 aliphatic carbocycles. The van der Waals surface area contributed by atoms with Gasteiger partial charge in [0.2, 0.25) is 0 Å². The van der Waals surface area contributed by atoms with Crippen molar-refractivity contribution in [3.8, 4) is 5.75 Å². The van der Waals surface area contributed by atoms with Gasteiger partial charge in [-0.1, -0.05) is 0 Å². The van der Waals surface area contributed by atoms with Crippen LogP contribution in [0.4, 0.5) is 4.39 Å². The molecule has 1 aromatic heterocycles. The van der Waals surface area contributed by atoms with Crippen LogP contribution in [0.2, 0.25) is 0 Å². The zero-order valence-electron chi connectivity index (χ0n) is 12.0. The quantitative estimate of drug-likeness (QED) is 0.693. The Balaban J connectivity index is 1.63. The molecule has 0 amide bonds. The molecule has 22 heavy (non-hydrogen) atoms. The van der Waals surface area contributed by atoms with E-state index in [0.29, 0.717) is 18.4 Å². The molecule has 4 heteroatoms. The van der Waals surface area contributed by atoms with E-state index in [1.54, 1.807) is 12.1 Å². The molecular formula is C18H16FNO2. The number of nitrogens with one attached hydrogen (secondary N) is 1. The van der Waals surface area contributed by atoms with Gasteiger partial charge in [0.25, 0.3) is 0 Å². The SMILES string of the molecule is O=C(CCCc1c[nH]c2ccc(O)cc12)c1ccc(F)cc1. The zero-order chi connectivity index (χ0) is 15.5. The predicted octanol–water partition coefficient (Wildman–Crippen LogP) is 4.22. The summed E-state index contributed by atoms with van der Waals surface area (Å²) < 4.78 is 12.8. The van der Waals surface area contributed by atoms with E-state index in [1.165, 1.54) is 24.3 Å². The Hall–Kier alpha value is -2.62. The number of H-pyrrole nitrogens is 1. The average molecular weight is 297 g/mol. The van der Waals surface area contributed by atoms with E-state index in [1.807, 2.05) is 12.3 Å². The second-order valence-electron chi connectivity index (χ2n) is 5.33. The van der Waals surface area contributed by atoms with Crippen molar-refractivity contribution in [2.45, 2.75) is 19.3 Å². The largest absolute Gasteiger partial charge is 0.508 e. The minimum Gasteiger partial charge on any atom is -0.508 e. The van der Waals surface area contributed by atoms with E-state index in [2.05, 4.69) is 4.98 Å². The van der Waals surface area contributed by atoms with Gasteiger partial charge in [-0.15, -0.1) is 0 Å². The minimum absolute atomic E-state index is 0.0164. The summed E-state index contributed by atoms with van der Waals surface area (Å²) in [4.78, 5) is 15.2. The number of carbonyl (C=O) groups is 1. The highest BCUT2D eigenvalue weighted by atomic mass is 19.1. The number of phenolic OH excluding ortho intramolecular Hbond substituents is 1. The number of ketones is 1. The van der Waals surface area contributed by atoms with Crippen molar-refractivity contribution >= 4 is 16.7 Å². The van der Waals surface area contributed by atoms with Gasteiger partial charge in [0, 0.05) is 29.1 Å². The van der Waals surface area contributed by atoms with Gasteiger partial charge in [-0.05, 0) is 60.9 Å². The standard InChI is InChI=1S/C18H16FNO2/c19-14-6-4-12(5-7-14)18(22)3-1-2-13-11-20-17-9-8-15(21)10-16(13)17/h4-11,20-21H,1-3H2. The third-order valence-corrected chi connectivity index (χ3v) is 3.77. The summed E-state index contributed by atoms with van der Waals surface area (Å²) in [6.45, 7) is 0. The molecular weight excluding hydrogens is 281 g/mol. The summed E-state index contributed by atoms with van der Waals surface area (Å²) >= 11 is 0. The summed E-state index contributed by atoms with van der Waals surface area (Å²) in [7, 11) is 0. The summed E-state index contributed by atoms with van der Waals surface area (Å²) in [5.74, 6) is -0.0893. The summed E-state index contributed by atoms with van der Waals surface area (Å²) in [5.41, 5.74) is 2.59. The van der Waals surface area contributed by atoms with Gasteiger partial charge in [-0.2, -0.15) is 0 Å². The molecule has 0 saturated heterocycles. The van der Waals surface area contributed by atoms with Crippen molar-refractivity contribution in [2.75, 3.05) is 0 Å². The molecule has 0 atom stereocenters. The Morgan fingerprint density at radius 1 is 1.14 bits per heavy atom. The molecule has 3 aromatic rings. The molecule has 3 nitrogen and oxygen atoms in total. The summed E-state index contributed by atoms with van der Waals surface area (Å²) in [6, 6.07) is 10.8. The number of Topliss-reactive ketones (excluding diaryl/α,β-unsaturated/α-hetero) is 1. The molecule has 0 unspecified atom stereocenters. The lowest BCUT2D eigenvalue weighted by atomic mass is 10.0. The van der Waals surface area contributed by atoms with Gasteiger partial charge in [0.05, 0.1) is 0 Å². The van der Waals surface area contributed by atoms with Crippen molar-refractivity contribution in [2.24, 2.45) is 0 Å². The molecule has 2 aromatic carbocycles. The number of halogens is 1. The van der Waals surface area contributed by atoms with Crippen LogP contribution < -0.4 is 0 Å². The Kier molecular flexibility index (Phi) is 3.92. The number of fused-ring (bicyclic) bond motifs is 1. The monoisotopic (exact) mass is 297 g/mol. The van der Waals surface area contributed by atoms with Crippen LogP contribution in [0, 0.1) is 5.82 Å². The van der Waals surface area contributed by atoms with Crippen molar-refractivity contribution in [1.29, 1.82) is 0 Å². The molecule has 0 bridgehead atoms. The van der Waals surface area contributed by atoms with Gasteiger partial charge in [-0.3, -0.25) is 4.79 Å². The lowest BCUT2D eigenvalue weighted by Crippen LogP contribution is -1.99. The van der Waals surface area contributed by atoms with Crippen molar-refractivity contribution in [1.82, 2.24) is 4.98 Å². The number of aryl methyl sites for hydroxylation is 1. The van der Waals surface area contributed by atoms with E-state index in [0.717, 1.165) is 22.9 Å². The molecule has 0 saturated carbocycles. The third kappa shape index (κ3) is 3.01. The molecule has 3 rings (SSSR count). The molecule has 0 aliphatic rings. The smallest absolute Gasteiger partial charge is 0.162 e. The normalized spacial score (nSPS) is 11.0. The first-order valence-electron chi connectivity index (χ1n) is 7.21. The topological polar surface area (TPSA) is 53.1 Å². The van der Waals surface area contributed by atoms with Gasteiger partial charge in [-0.25, -0.2) is 4.39 Å². The fourth-order valence-corrected chi connectivity index (χ4v) is 2.59. The number of aromatic hydroxyl groups is 1. The van der Waals surface area contributed by atoms with Gasteiger partial charge >= 0.3 is 0 Å². The number of rotatable bonds is 5. The number of hydrogen-bond donors (Lipinski definition) is 2. The van der Waals surface area contributed by atoms with Crippen molar-refractivity contribution in [3.63, 3.8) is 0 Å². The molecule has 0 fully saturated rings. The van der Waals surface area contributed by atoms with Crippen molar-refractivity contribution in [3.05, 3.63) is 65.6 Å². The lowest BCUT2D eigenvalue weighted by molar-refractivity contribution is 0.0980. The van der Waals surface area contributed by atoms with Crippen LogP contribution in [0.1, 0.15) is 28.8 Å². The third-order valence-electron chi connectivity index (χ3n) is 3.77. The highest BCUT2D eigenvalue weighted by Crippen LogP contribution is 2.24. The van der Waals surface area contributed by atoms with E-state index < -0.39 is 0 Å². The molecule has 0 spiro atoms. The molecule has 0 aliphatic heterocycles. The maximum atomic E-state index is 12.8. The maximum absolute atomic E-state index is 12.8. The van der Waals surface area contributed by atoms with Crippen LogP contribution in [0.5, 0.6) is 5.75 Å². The van der Waals surface area contributed by atoms with Crippen LogP contribution in [0.25, 0.3) is 10.9 Å². The average Bonchev–Trinajstić information content (AvgIpc) is 2.90. The Labute approximate surface area is 127 Å². The first kappa shape index (κ1) is 14.3. The molecule has 112 valence electrons. The second-order valence-corrected chi connectivity index (χ2v) is 5.33. The molecule has 1 heterocycles. The van der Waals surface area contributed by atoms with Crippen LogP contribution in [-0.4, -0.2) is 15.9 Å². The maximum Gasteiger partial charge on any atom is 0.162 e. The fourth-order valence-electron chi connectivity index (χ4n) is 2.59. The Bertz CT molecular complexity index is 806. The van der Waals surface area contributed by atoms with Gasteiger partial charge in [0.15, 0.2) is 5.78 Å². The first-order chi connectivity index (χ1) is 10.6. The van der Waals surface area contributed by atoms with Crippen LogP contribution in [0.3, 0.4) is 0 Å². The van der Waals surface area contributed by atoms with Crippen molar-refractivity contribution < 1.29 is 14.3 Å². The van der Waals surface area contributed by atoms with E-state index in [9.17, 15) is 14.3 Å². The first-order valence-corrected chi connectivity index (χ1v) is 7.21.